The van der Waals surface area contributed by atoms with Gasteiger partial charge in [0.15, 0.2) is 11.2 Å². The summed E-state index contributed by atoms with van der Waals surface area (Å²) in [5.41, 5.74) is -0.177. The molecule has 9 nitrogen and oxygen atoms in total. The summed E-state index contributed by atoms with van der Waals surface area (Å²) in [6.07, 6.45) is 5.16. The molecule has 1 unspecified atom stereocenters. The van der Waals surface area contributed by atoms with Gasteiger partial charge < -0.3 is 14.6 Å². The number of aromatic nitrogens is 4. The molecule has 26 heavy (non-hydrogen) atoms. The van der Waals surface area contributed by atoms with E-state index in [1.165, 1.54) is 24.4 Å². The SMILES string of the molecule is CN(CC(O)Cn1cnc2c1c(=O)n(C)c(=O)n2C)C1=NCCCCC1. The van der Waals surface area contributed by atoms with Gasteiger partial charge in [0.25, 0.3) is 5.56 Å². The van der Waals surface area contributed by atoms with Crippen molar-refractivity contribution in [2.24, 2.45) is 19.1 Å². The van der Waals surface area contributed by atoms with Gasteiger partial charge in [-0.05, 0) is 12.8 Å². The number of hydrogen-bond acceptors (Lipinski definition) is 6. The van der Waals surface area contributed by atoms with E-state index in [1.54, 1.807) is 11.6 Å². The third kappa shape index (κ3) is 3.44. The lowest BCUT2D eigenvalue weighted by atomic mass is 10.2. The minimum atomic E-state index is -0.690. The maximum absolute atomic E-state index is 12.5. The van der Waals surface area contributed by atoms with Crippen molar-refractivity contribution in [2.45, 2.75) is 38.3 Å². The van der Waals surface area contributed by atoms with E-state index < -0.39 is 17.4 Å². The second kappa shape index (κ2) is 7.45. The lowest BCUT2D eigenvalue weighted by Crippen LogP contribution is -2.39. The molecule has 0 spiro atoms. The zero-order valence-electron chi connectivity index (χ0n) is 15.6. The lowest BCUT2D eigenvalue weighted by Gasteiger charge is -2.24. The average Bonchev–Trinajstić information content (AvgIpc) is 2.83. The Morgan fingerprint density at radius 2 is 2.00 bits per heavy atom. The van der Waals surface area contributed by atoms with E-state index in [9.17, 15) is 14.7 Å². The van der Waals surface area contributed by atoms with Crippen LogP contribution in [0.1, 0.15) is 25.7 Å². The molecule has 0 aliphatic carbocycles. The number of aryl methyl sites for hydroxylation is 1. The summed E-state index contributed by atoms with van der Waals surface area (Å²) in [4.78, 5) is 35.2. The van der Waals surface area contributed by atoms with Crippen LogP contribution in [0.3, 0.4) is 0 Å². The topological polar surface area (TPSA) is 97.6 Å². The predicted molar refractivity (Wildman–Crippen MR) is 99.6 cm³/mol. The first-order chi connectivity index (χ1) is 12.4. The zero-order valence-corrected chi connectivity index (χ0v) is 15.6. The summed E-state index contributed by atoms with van der Waals surface area (Å²) in [7, 11) is 4.95. The first kappa shape index (κ1) is 18.4. The Morgan fingerprint density at radius 3 is 2.77 bits per heavy atom. The molecule has 142 valence electrons. The number of aliphatic hydroxyl groups is 1. The standard InChI is InChI=1S/C17H26N6O3/c1-20(13-7-5-4-6-8-18-13)9-12(24)10-23-11-19-15-14(23)16(25)22(3)17(26)21(15)2/h11-12,24H,4-10H2,1-3H3. The van der Waals surface area contributed by atoms with Gasteiger partial charge in [-0.1, -0.05) is 6.42 Å². The van der Waals surface area contributed by atoms with E-state index in [4.69, 9.17) is 0 Å². The molecular formula is C17H26N6O3. The summed E-state index contributed by atoms with van der Waals surface area (Å²) in [5.74, 6) is 1.02. The van der Waals surface area contributed by atoms with Gasteiger partial charge >= 0.3 is 5.69 Å². The lowest BCUT2D eigenvalue weighted by molar-refractivity contribution is 0.132. The number of nitrogens with zero attached hydrogens (tertiary/aromatic N) is 6. The second-order valence-corrected chi connectivity index (χ2v) is 6.92. The Bertz CT molecular complexity index is 938. The summed E-state index contributed by atoms with van der Waals surface area (Å²) >= 11 is 0. The van der Waals surface area contributed by atoms with Gasteiger partial charge in [0, 0.05) is 40.7 Å². The summed E-state index contributed by atoms with van der Waals surface area (Å²) in [5, 5.41) is 10.5. The van der Waals surface area contributed by atoms with Crippen LogP contribution in [-0.2, 0) is 20.6 Å². The third-order valence-corrected chi connectivity index (χ3v) is 4.90. The van der Waals surface area contributed by atoms with Gasteiger partial charge in [-0.3, -0.25) is 18.9 Å². The van der Waals surface area contributed by atoms with Crippen molar-refractivity contribution in [2.75, 3.05) is 20.1 Å². The highest BCUT2D eigenvalue weighted by Gasteiger charge is 2.18. The first-order valence-electron chi connectivity index (χ1n) is 8.93. The van der Waals surface area contributed by atoms with E-state index in [0.29, 0.717) is 17.7 Å². The fourth-order valence-corrected chi connectivity index (χ4v) is 3.41. The molecule has 1 N–H and O–H groups in total. The number of rotatable bonds is 4. The van der Waals surface area contributed by atoms with Crippen LogP contribution in [0, 0.1) is 0 Å². The van der Waals surface area contributed by atoms with Crippen LogP contribution >= 0.6 is 0 Å². The highest BCUT2D eigenvalue weighted by molar-refractivity contribution is 5.82. The molecule has 1 aliphatic rings. The number of aliphatic imine (C=N–C) groups is 1. The molecule has 0 amide bonds. The molecule has 1 atom stereocenters. The Hall–Kier alpha value is -2.42. The largest absolute Gasteiger partial charge is 0.389 e. The fourth-order valence-electron chi connectivity index (χ4n) is 3.41. The zero-order chi connectivity index (χ0) is 18.8. The molecule has 0 saturated carbocycles. The quantitative estimate of drug-likeness (QED) is 0.805. The maximum atomic E-state index is 12.5. The molecular weight excluding hydrogens is 336 g/mol. The second-order valence-electron chi connectivity index (χ2n) is 6.92. The van der Waals surface area contributed by atoms with E-state index in [1.807, 2.05) is 11.9 Å². The molecule has 3 rings (SSSR count). The van der Waals surface area contributed by atoms with Crippen molar-refractivity contribution in [3.05, 3.63) is 27.2 Å². The summed E-state index contributed by atoms with van der Waals surface area (Å²) in [6.45, 7) is 1.48. The number of hydrogen-bond donors (Lipinski definition) is 1. The Labute approximate surface area is 151 Å². The number of likely N-dealkylation sites (N-methyl/N-ethyl adjacent to an activating group) is 1. The smallest absolute Gasteiger partial charge is 0.332 e. The Kier molecular flexibility index (Phi) is 5.26. The van der Waals surface area contributed by atoms with Crippen LogP contribution in [0.4, 0.5) is 0 Å². The van der Waals surface area contributed by atoms with Gasteiger partial charge in [0.05, 0.1) is 24.8 Å². The van der Waals surface area contributed by atoms with Crippen molar-refractivity contribution in [1.29, 1.82) is 0 Å². The van der Waals surface area contributed by atoms with Crippen molar-refractivity contribution in [1.82, 2.24) is 23.6 Å². The van der Waals surface area contributed by atoms with Crippen molar-refractivity contribution >= 4 is 17.0 Å². The molecule has 0 bridgehead atoms. The van der Waals surface area contributed by atoms with E-state index in [-0.39, 0.29) is 6.54 Å². The summed E-state index contributed by atoms with van der Waals surface area (Å²) < 4.78 is 4.01. The van der Waals surface area contributed by atoms with Crippen LogP contribution in [0.5, 0.6) is 0 Å². The van der Waals surface area contributed by atoms with E-state index in [0.717, 1.165) is 36.2 Å². The number of aliphatic hydroxyl groups excluding tert-OH is 1. The molecule has 3 heterocycles. The molecule has 0 saturated heterocycles. The van der Waals surface area contributed by atoms with Crippen LogP contribution in [0.25, 0.3) is 11.2 Å². The van der Waals surface area contributed by atoms with Crippen molar-refractivity contribution < 1.29 is 5.11 Å². The Morgan fingerprint density at radius 1 is 1.23 bits per heavy atom. The Balaban J connectivity index is 1.79. The first-order valence-corrected chi connectivity index (χ1v) is 8.93. The minimum absolute atomic E-state index is 0.224. The molecule has 2 aromatic rings. The molecule has 0 radical (unpaired) electrons. The third-order valence-electron chi connectivity index (χ3n) is 4.90. The molecule has 0 aromatic carbocycles. The molecule has 2 aromatic heterocycles. The number of amidine groups is 1. The van der Waals surface area contributed by atoms with Gasteiger partial charge in [0.1, 0.15) is 0 Å². The normalized spacial score (nSPS) is 16.4. The van der Waals surface area contributed by atoms with Crippen LogP contribution in [0.2, 0.25) is 0 Å². The van der Waals surface area contributed by atoms with E-state index >= 15 is 0 Å². The molecule has 9 heteroatoms. The minimum Gasteiger partial charge on any atom is -0.389 e. The van der Waals surface area contributed by atoms with Crippen LogP contribution in [0.15, 0.2) is 20.9 Å². The molecule has 1 aliphatic heterocycles. The highest BCUT2D eigenvalue weighted by atomic mass is 16.3. The maximum Gasteiger partial charge on any atom is 0.332 e. The average molecular weight is 362 g/mol. The number of imidazole rings is 1. The van der Waals surface area contributed by atoms with Gasteiger partial charge in [-0.25, -0.2) is 9.78 Å². The summed E-state index contributed by atoms with van der Waals surface area (Å²) in [6, 6.07) is 0. The van der Waals surface area contributed by atoms with Gasteiger partial charge in [-0.15, -0.1) is 0 Å². The van der Waals surface area contributed by atoms with Crippen molar-refractivity contribution in [3.8, 4) is 0 Å². The molecule has 0 fully saturated rings. The number of fused-ring (bicyclic) bond motifs is 1. The van der Waals surface area contributed by atoms with Gasteiger partial charge in [-0.2, -0.15) is 0 Å². The van der Waals surface area contributed by atoms with Crippen LogP contribution < -0.4 is 11.2 Å². The monoisotopic (exact) mass is 362 g/mol. The fraction of sp³-hybridized carbons (Fsp3) is 0.647. The van der Waals surface area contributed by atoms with Gasteiger partial charge in [0.2, 0.25) is 0 Å². The van der Waals surface area contributed by atoms with Crippen LogP contribution in [-0.4, -0.2) is 60.8 Å². The van der Waals surface area contributed by atoms with E-state index in [2.05, 4.69) is 9.98 Å². The highest BCUT2D eigenvalue weighted by Crippen LogP contribution is 2.11. The predicted octanol–water partition coefficient (Wildman–Crippen LogP) is -0.301. The van der Waals surface area contributed by atoms with Crippen molar-refractivity contribution in [3.63, 3.8) is 0 Å².